The van der Waals surface area contributed by atoms with Gasteiger partial charge < -0.3 is 10.6 Å². The van der Waals surface area contributed by atoms with Gasteiger partial charge in [0.25, 0.3) is 5.91 Å². The highest BCUT2D eigenvalue weighted by Gasteiger charge is 2.13. The van der Waals surface area contributed by atoms with Crippen LogP contribution in [0.5, 0.6) is 0 Å². The van der Waals surface area contributed by atoms with Crippen molar-refractivity contribution in [2.45, 2.75) is 0 Å². The molecule has 0 saturated carbocycles. The molecule has 120 valence electrons. The lowest BCUT2D eigenvalue weighted by atomic mass is 10.2. The fourth-order valence-corrected chi connectivity index (χ4v) is 2.39. The molecule has 2 N–H and O–H groups in total. The molecule has 3 rings (SSSR count). The molecule has 0 radical (unpaired) electrons. The molecule has 24 heavy (non-hydrogen) atoms. The molecule has 2 aromatic carbocycles. The number of carbonyl (C=O) groups excluding carboxylic acids is 1. The average Bonchev–Trinajstić information content (AvgIpc) is 2.57. The molecule has 0 saturated heterocycles. The number of pyridine rings is 1. The van der Waals surface area contributed by atoms with Gasteiger partial charge in [0.1, 0.15) is 11.6 Å². The Morgan fingerprint density at radius 2 is 1.79 bits per heavy atom. The highest BCUT2D eigenvalue weighted by Crippen LogP contribution is 2.21. The van der Waals surface area contributed by atoms with E-state index in [1.54, 1.807) is 24.4 Å². The summed E-state index contributed by atoms with van der Waals surface area (Å²) in [5.41, 5.74) is 1.56. The third-order valence-electron chi connectivity index (χ3n) is 3.24. The first-order valence-electron chi connectivity index (χ1n) is 7.16. The van der Waals surface area contributed by atoms with Gasteiger partial charge in [0.05, 0.1) is 5.56 Å². The van der Waals surface area contributed by atoms with Gasteiger partial charge in [-0.25, -0.2) is 9.37 Å². The molecular weight excluding hydrogens is 373 g/mol. The van der Waals surface area contributed by atoms with Crippen molar-refractivity contribution in [3.63, 3.8) is 0 Å². The van der Waals surface area contributed by atoms with Gasteiger partial charge in [-0.15, -0.1) is 0 Å². The van der Waals surface area contributed by atoms with Crippen LogP contribution < -0.4 is 10.6 Å². The summed E-state index contributed by atoms with van der Waals surface area (Å²) in [4.78, 5) is 16.7. The van der Waals surface area contributed by atoms with Crippen molar-refractivity contribution in [3.8, 4) is 0 Å². The third kappa shape index (κ3) is 3.97. The van der Waals surface area contributed by atoms with Crippen molar-refractivity contribution in [1.29, 1.82) is 0 Å². The van der Waals surface area contributed by atoms with Crippen molar-refractivity contribution < 1.29 is 9.18 Å². The molecular formula is C18H13BrFN3O. The second kappa shape index (κ2) is 7.23. The Bertz CT molecular complexity index is 868. The summed E-state index contributed by atoms with van der Waals surface area (Å²) in [6, 6.07) is 16.6. The van der Waals surface area contributed by atoms with E-state index < -0.39 is 5.82 Å². The fourth-order valence-electron chi connectivity index (χ4n) is 2.12. The number of halogens is 2. The SMILES string of the molecule is O=C(Nc1cccc(F)c1)c1cccnc1Nc1ccc(Br)cc1. The zero-order valence-electron chi connectivity index (χ0n) is 12.5. The molecule has 0 fully saturated rings. The topological polar surface area (TPSA) is 54.0 Å². The molecule has 0 aliphatic heterocycles. The second-order valence-corrected chi connectivity index (χ2v) is 5.91. The zero-order chi connectivity index (χ0) is 16.9. The van der Waals surface area contributed by atoms with Gasteiger partial charge in [0.2, 0.25) is 0 Å². The average molecular weight is 386 g/mol. The van der Waals surface area contributed by atoms with Crippen molar-refractivity contribution >= 4 is 39.0 Å². The number of hydrogen-bond acceptors (Lipinski definition) is 3. The third-order valence-corrected chi connectivity index (χ3v) is 3.77. The van der Waals surface area contributed by atoms with Gasteiger partial charge in [-0.3, -0.25) is 4.79 Å². The maximum absolute atomic E-state index is 13.2. The van der Waals surface area contributed by atoms with E-state index in [-0.39, 0.29) is 5.91 Å². The zero-order valence-corrected chi connectivity index (χ0v) is 14.0. The standard InChI is InChI=1S/C18H13BrFN3O/c19-12-6-8-14(9-7-12)22-17-16(5-2-10-21-17)18(24)23-15-4-1-3-13(20)11-15/h1-11H,(H,21,22)(H,23,24). The van der Waals surface area contributed by atoms with E-state index in [9.17, 15) is 9.18 Å². The van der Waals surface area contributed by atoms with Crippen LogP contribution in [-0.4, -0.2) is 10.9 Å². The van der Waals surface area contributed by atoms with Gasteiger partial charge in [-0.05, 0) is 54.6 Å². The quantitative estimate of drug-likeness (QED) is 0.665. The van der Waals surface area contributed by atoms with Crippen LogP contribution in [0.25, 0.3) is 0 Å². The number of amides is 1. The summed E-state index contributed by atoms with van der Waals surface area (Å²) in [6.45, 7) is 0. The minimum Gasteiger partial charge on any atom is -0.340 e. The highest BCUT2D eigenvalue weighted by atomic mass is 79.9. The van der Waals surface area contributed by atoms with E-state index >= 15 is 0 Å². The Labute approximate surface area is 146 Å². The number of aromatic nitrogens is 1. The van der Waals surface area contributed by atoms with E-state index in [4.69, 9.17) is 0 Å². The summed E-state index contributed by atoms with van der Waals surface area (Å²) < 4.78 is 14.2. The maximum Gasteiger partial charge on any atom is 0.259 e. The number of anilines is 3. The highest BCUT2D eigenvalue weighted by molar-refractivity contribution is 9.10. The van der Waals surface area contributed by atoms with Crippen LogP contribution in [0, 0.1) is 5.82 Å². The van der Waals surface area contributed by atoms with Crippen molar-refractivity contribution in [2.24, 2.45) is 0 Å². The Balaban J connectivity index is 1.83. The molecule has 4 nitrogen and oxygen atoms in total. The lowest BCUT2D eigenvalue weighted by Crippen LogP contribution is -2.14. The van der Waals surface area contributed by atoms with Gasteiger partial charge in [-0.2, -0.15) is 0 Å². The number of nitrogens with zero attached hydrogens (tertiary/aromatic N) is 1. The number of hydrogen-bond donors (Lipinski definition) is 2. The summed E-state index contributed by atoms with van der Waals surface area (Å²) >= 11 is 3.37. The molecule has 6 heteroatoms. The van der Waals surface area contributed by atoms with Crippen LogP contribution in [0.4, 0.5) is 21.6 Å². The van der Waals surface area contributed by atoms with Crippen LogP contribution in [0.15, 0.2) is 71.3 Å². The van der Waals surface area contributed by atoms with E-state index in [0.717, 1.165) is 10.2 Å². The molecule has 0 unspecified atom stereocenters. The monoisotopic (exact) mass is 385 g/mol. The Kier molecular flexibility index (Phi) is 4.86. The Morgan fingerprint density at radius 1 is 1.00 bits per heavy atom. The summed E-state index contributed by atoms with van der Waals surface area (Å²) in [5, 5.41) is 5.78. The molecule has 1 aromatic heterocycles. The fraction of sp³-hybridized carbons (Fsp3) is 0. The first kappa shape index (κ1) is 16.1. The predicted molar refractivity (Wildman–Crippen MR) is 96.0 cm³/mol. The van der Waals surface area contributed by atoms with E-state index in [0.29, 0.717) is 17.1 Å². The molecule has 1 heterocycles. The van der Waals surface area contributed by atoms with Crippen LogP contribution in [0.3, 0.4) is 0 Å². The molecule has 1 amide bonds. The number of nitrogens with one attached hydrogen (secondary N) is 2. The van der Waals surface area contributed by atoms with Crippen LogP contribution in [0.1, 0.15) is 10.4 Å². The van der Waals surface area contributed by atoms with Crippen LogP contribution >= 0.6 is 15.9 Å². The molecule has 0 aliphatic rings. The first-order chi connectivity index (χ1) is 11.6. The summed E-state index contributed by atoms with van der Waals surface area (Å²) in [6.07, 6.45) is 1.60. The van der Waals surface area contributed by atoms with Crippen LogP contribution in [0.2, 0.25) is 0 Å². The Hall–Kier alpha value is -2.73. The van der Waals surface area contributed by atoms with Gasteiger partial charge in [0, 0.05) is 22.0 Å². The van der Waals surface area contributed by atoms with Crippen molar-refractivity contribution in [3.05, 3.63) is 82.7 Å². The van der Waals surface area contributed by atoms with E-state index in [1.807, 2.05) is 24.3 Å². The molecule has 0 atom stereocenters. The minimum absolute atomic E-state index is 0.365. The summed E-state index contributed by atoms with van der Waals surface area (Å²) in [7, 11) is 0. The lowest BCUT2D eigenvalue weighted by molar-refractivity contribution is 0.102. The maximum atomic E-state index is 13.2. The normalized spacial score (nSPS) is 10.2. The summed E-state index contributed by atoms with van der Waals surface area (Å²) in [5.74, 6) is -0.353. The first-order valence-corrected chi connectivity index (χ1v) is 7.95. The molecule has 0 spiro atoms. The number of benzene rings is 2. The largest absolute Gasteiger partial charge is 0.340 e. The minimum atomic E-state index is -0.410. The molecule has 0 aliphatic carbocycles. The lowest BCUT2D eigenvalue weighted by Gasteiger charge is -2.11. The Morgan fingerprint density at radius 3 is 2.54 bits per heavy atom. The predicted octanol–water partition coefficient (Wildman–Crippen LogP) is 4.98. The molecule has 0 bridgehead atoms. The van der Waals surface area contributed by atoms with Gasteiger partial charge in [-0.1, -0.05) is 22.0 Å². The van der Waals surface area contributed by atoms with E-state index in [1.165, 1.54) is 18.2 Å². The number of carbonyl (C=O) groups is 1. The van der Waals surface area contributed by atoms with Crippen molar-refractivity contribution in [2.75, 3.05) is 10.6 Å². The van der Waals surface area contributed by atoms with Gasteiger partial charge >= 0.3 is 0 Å². The number of rotatable bonds is 4. The smallest absolute Gasteiger partial charge is 0.259 e. The van der Waals surface area contributed by atoms with E-state index in [2.05, 4.69) is 31.5 Å². The molecule has 3 aromatic rings. The second-order valence-electron chi connectivity index (χ2n) is 5.00. The van der Waals surface area contributed by atoms with Crippen LogP contribution in [-0.2, 0) is 0 Å². The van der Waals surface area contributed by atoms with Crippen molar-refractivity contribution in [1.82, 2.24) is 4.98 Å². The van der Waals surface area contributed by atoms with Gasteiger partial charge in [0.15, 0.2) is 0 Å².